The molecule has 5 rings (SSSR count). The second-order valence-corrected chi connectivity index (χ2v) is 11.6. The first-order valence-electron chi connectivity index (χ1n) is 14.1. The van der Waals surface area contributed by atoms with Crippen molar-refractivity contribution in [3.05, 3.63) is 70.5 Å². The zero-order valence-electron chi connectivity index (χ0n) is 24.7. The van der Waals surface area contributed by atoms with Crippen LogP contribution in [0.1, 0.15) is 62.7 Å². The van der Waals surface area contributed by atoms with E-state index in [1.807, 2.05) is 0 Å². The molecule has 43 heavy (non-hydrogen) atoms. The van der Waals surface area contributed by atoms with Crippen molar-refractivity contribution in [1.29, 1.82) is 0 Å². The van der Waals surface area contributed by atoms with Crippen molar-refractivity contribution in [2.75, 3.05) is 45.7 Å². The summed E-state index contributed by atoms with van der Waals surface area (Å²) in [6, 6.07) is 10.8. The molecule has 2 unspecified atom stereocenters. The first kappa shape index (κ1) is 30.1. The number of carbonyl (C=O) groups excluding carboxylic acids is 3. The van der Waals surface area contributed by atoms with Gasteiger partial charge in [0.1, 0.15) is 11.4 Å². The van der Waals surface area contributed by atoms with E-state index in [-0.39, 0.29) is 59.1 Å². The van der Waals surface area contributed by atoms with Crippen LogP contribution in [0, 0.1) is 11.8 Å². The Labute approximate surface area is 247 Å². The number of aromatic nitrogens is 2. The molecule has 2 aromatic carbocycles. The van der Waals surface area contributed by atoms with E-state index in [0.29, 0.717) is 30.1 Å². The molecule has 228 valence electrons. The second kappa shape index (κ2) is 11.4. The number of methoxy groups -OCH3 is 1. The molecule has 3 amide bonds. The largest absolute Gasteiger partial charge is 0.497 e. The molecular weight excluding hydrogens is 563 g/mol. The Balaban J connectivity index is 1.62. The molecule has 0 N–H and O–H groups in total. The summed E-state index contributed by atoms with van der Waals surface area (Å²) < 4.78 is 49.1. The fourth-order valence-electron chi connectivity index (χ4n) is 6.05. The molecule has 0 saturated carbocycles. The summed E-state index contributed by atoms with van der Waals surface area (Å²) in [6.07, 6.45) is -3.96. The number of alkyl halides is 3. The Morgan fingerprint density at radius 2 is 1.67 bits per heavy atom. The lowest BCUT2D eigenvalue weighted by molar-refractivity contribution is -0.141. The van der Waals surface area contributed by atoms with Gasteiger partial charge in [-0.1, -0.05) is 13.8 Å². The minimum atomic E-state index is -4.82. The van der Waals surface area contributed by atoms with Gasteiger partial charge >= 0.3 is 6.18 Å². The number of hydrogen-bond acceptors (Lipinski definition) is 5. The lowest BCUT2D eigenvalue weighted by atomic mass is 9.91. The molecule has 3 heterocycles. The maximum absolute atomic E-state index is 14.3. The minimum absolute atomic E-state index is 0.0144. The fraction of sp³-hybridized carbons (Fsp3) is 0.419. The highest BCUT2D eigenvalue weighted by Crippen LogP contribution is 2.38. The van der Waals surface area contributed by atoms with Crippen LogP contribution < -0.4 is 9.64 Å². The van der Waals surface area contributed by atoms with E-state index in [9.17, 15) is 27.6 Å². The van der Waals surface area contributed by atoms with E-state index in [4.69, 9.17) is 4.74 Å². The van der Waals surface area contributed by atoms with E-state index in [0.717, 1.165) is 11.1 Å². The van der Waals surface area contributed by atoms with Crippen LogP contribution in [-0.2, 0) is 12.6 Å². The highest BCUT2D eigenvalue weighted by Gasteiger charge is 2.44. The van der Waals surface area contributed by atoms with Crippen LogP contribution in [0.5, 0.6) is 5.75 Å². The molecule has 2 aliphatic rings. The molecule has 1 fully saturated rings. The highest BCUT2D eigenvalue weighted by molar-refractivity contribution is 6.08. The summed E-state index contributed by atoms with van der Waals surface area (Å²) in [5.41, 5.74) is -0.645. The standard InChI is InChI=1S/C31H34F3N5O4/c1-18-14-19(2)17-37(16-18)29(41)24-15-22(43-5)10-11-25(24)39-26-23(27(35-39)31(32,33)34)12-13-38(30(26)42)21-8-6-20(7-9-21)28(40)36(3)4/h6-11,15,18-19H,12-14,16-17H2,1-5H3. The first-order valence-corrected chi connectivity index (χ1v) is 14.1. The number of carbonyl (C=O) groups is 3. The molecule has 1 saturated heterocycles. The number of likely N-dealkylation sites (tertiary alicyclic amines) is 1. The molecule has 0 aliphatic carbocycles. The molecule has 0 spiro atoms. The first-order chi connectivity index (χ1) is 20.3. The van der Waals surface area contributed by atoms with Crippen LogP contribution in [0.25, 0.3) is 5.69 Å². The van der Waals surface area contributed by atoms with Gasteiger partial charge in [0.15, 0.2) is 5.69 Å². The number of amides is 3. The highest BCUT2D eigenvalue weighted by atomic mass is 19.4. The van der Waals surface area contributed by atoms with E-state index in [1.165, 1.54) is 35.1 Å². The number of anilines is 1. The summed E-state index contributed by atoms with van der Waals surface area (Å²) in [7, 11) is 4.68. The molecular formula is C31H34F3N5O4. The number of ether oxygens (including phenoxy) is 1. The van der Waals surface area contributed by atoms with E-state index in [1.54, 1.807) is 43.3 Å². The number of hydrogen-bond donors (Lipinski definition) is 0. The second-order valence-electron chi connectivity index (χ2n) is 11.6. The van der Waals surface area contributed by atoms with Gasteiger partial charge in [-0.15, -0.1) is 0 Å². The van der Waals surface area contributed by atoms with Gasteiger partial charge in [0.25, 0.3) is 17.7 Å². The van der Waals surface area contributed by atoms with E-state index < -0.39 is 17.8 Å². The number of nitrogens with zero attached hydrogens (tertiary/aromatic N) is 5. The number of fused-ring (bicyclic) bond motifs is 1. The maximum Gasteiger partial charge on any atom is 0.435 e. The normalized spacial score (nSPS) is 18.8. The van der Waals surface area contributed by atoms with Crippen LogP contribution >= 0.6 is 0 Å². The summed E-state index contributed by atoms with van der Waals surface area (Å²) in [6.45, 7) is 5.10. The van der Waals surface area contributed by atoms with Crippen molar-refractivity contribution >= 4 is 23.4 Å². The zero-order valence-corrected chi connectivity index (χ0v) is 24.7. The van der Waals surface area contributed by atoms with Gasteiger partial charge in [0.05, 0.1) is 18.4 Å². The van der Waals surface area contributed by atoms with Crippen molar-refractivity contribution in [2.24, 2.45) is 11.8 Å². The number of piperidine rings is 1. The Morgan fingerprint density at radius 1 is 1.02 bits per heavy atom. The summed E-state index contributed by atoms with van der Waals surface area (Å²) in [4.78, 5) is 44.7. The van der Waals surface area contributed by atoms with Gasteiger partial charge in [-0.25, -0.2) is 4.68 Å². The van der Waals surface area contributed by atoms with Crippen LogP contribution in [-0.4, -0.2) is 78.1 Å². The van der Waals surface area contributed by atoms with Crippen molar-refractivity contribution in [2.45, 2.75) is 32.9 Å². The summed E-state index contributed by atoms with van der Waals surface area (Å²) in [5, 5.41) is 3.92. The van der Waals surface area contributed by atoms with Gasteiger partial charge in [0, 0.05) is 50.5 Å². The quantitative estimate of drug-likeness (QED) is 0.417. The van der Waals surface area contributed by atoms with Gasteiger partial charge in [-0.3, -0.25) is 14.4 Å². The van der Waals surface area contributed by atoms with Crippen LogP contribution in [0.4, 0.5) is 18.9 Å². The molecule has 9 nitrogen and oxygen atoms in total. The minimum Gasteiger partial charge on any atom is -0.497 e. The average molecular weight is 598 g/mol. The van der Waals surface area contributed by atoms with Gasteiger partial charge in [-0.2, -0.15) is 18.3 Å². The predicted octanol–water partition coefficient (Wildman–Crippen LogP) is 4.92. The molecule has 12 heteroatoms. The van der Waals surface area contributed by atoms with Gasteiger partial charge < -0.3 is 19.4 Å². The van der Waals surface area contributed by atoms with Crippen LogP contribution in [0.3, 0.4) is 0 Å². The van der Waals surface area contributed by atoms with E-state index >= 15 is 0 Å². The van der Waals surface area contributed by atoms with Gasteiger partial charge in [-0.05, 0) is 67.1 Å². The summed E-state index contributed by atoms with van der Waals surface area (Å²) >= 11 is 0. The maximum atomic E-state index is 14.3. The zero-order chi connectivity index (χ0) is 31.2. The molecule has 0 bridgehead atoms. The third-order valence-electron chi connectivity index (χ3n) is 7.94. The third-order valence-corrected chi connectivity index (χ3v) is 7.94. The summed E-state index contributed by atoms with van der Waals surface area (Å²) in [5.74, 6) is -0.420. The fourth-order valence-corrected chi connectivity index (χ4v) is 6.05. The van der Waals surface area contributed by atoms with Crippen molar-refractivity contribution < 1.29 is 32.3 Å². The monoisotopic (exact) mass is 597 g/mol. The topological polar surface area (TPSA) is 88.0 Å². The Hall–Kier alpha value is -4.35. The number of halogens is 3. The Kier molecular flexibility index (Phi) is 7.97. The van der Waals surface area contributed by atoms with Crippen LogP contribution in [0.15, 0.2) is 42.5 Å². The lowest BCUT2D eigenvalue weighted by Gasteiger charge is -2.35. The third kappa shape index (κ3) is 5.70. The average Bonchev–Trinajstić information content (AvgIpc) is 3.37. The SMILES string of the molecule is COc1ccc(-n2nc(C(F)(F)F)c3c2C(=O)N(c2ccc(C(=O)N(C)C)cc2)CC3)c(C(=O)N2CC(C)CC(C)C2)c1. The lowest BCUT2D eigenvalue weighted by Crippen LogP contribution is -2.43. The van der Waals surface area contributed by atoms with Gasteiger partial charge in [0.2, 0.25) is 0 Å². The molecule has 3 aromatic rings. The van der Waals surface area contributed by atoms with Crippen molar-refractivity contribution in [3.8, 4) is 11.4 Å². The van der Waals surface area contributed by atoms with E-state index in [2.05, 4.69) is 18.9 Å². The smallest absolute Gasteiger partial charge is 0.435 e. The molecule has 2 atom stereocenters. The Bertz CT molecular complexity index is 1550. The number of benzene rings is 2. The molecule has 2 aliphatic heterocycles. The Morgan fingerprint density at radius 3 is 2.26 bits per heavy atom. The van der Waals surface area contributed by atoms with Crippen molar-refractivity contribution in [3.63, 3.8) is 0 Å². The molecule has 0 radical (unpaired) electrons. The van der Waals surface area contributed by atoms with Crippen molar-refractivity contribution in [1.82, 2.24) is 19.6 Å². The van der Waals surface area contributed by atoms with Crippen LogP contribution in [0.2, 0.25) is 0 Å². The predicted molar refractivity (Wildman–Crippen MR) is 154 cm³/mol. The molecule has 1 aromatic heterocycles. The number of rotatable bonds is 5.